The maximum Gasteiger partial charge on any atom is 0.193 e. The summed E-state index contributed by atoms with van der Waals surface area (Å²) in [7, 11) is 0. The molecule has 16 fully saturated rings. The molecule has 12 saturated carbocycles. The molecule has 118 heavy (non-hydrogen) atoms. The van der Waals surface area contributed by atoms with Crippen LogP contribution in [0.2, 0.25) is 0 Å². The average molecular weight is 1640 g/mol. The third-order valence-electron chi connectivity index (χ3n) is 35.8. The number of hydrogen-bond acceptors (Lipinski definition) is 22. The van der Waals surface area contributed by atoms with Gasteiger partial charge in [0.1, 0.15) is 26.4 Å². The van der Waals surface area contributed by atoms with E-state index in [-0.39, 0.29) is 128 Å². The number of ketones is 6. The van der Waals surface area contributed by atoms with E-state index >= 15 is 0 Å². The van der Waals surface area contributed by atoms with Gasteiger partial charge in [0, 0.05) is 67.0 Å². The van der Waals surface area contributed by atoms with Gasteiger partial charge in [-0.3, -0.25) is 28.8 Å². The summed E-state index contributed by atoms with van der Waals surface area (Å²) in [6.07, 6.45) is 33.0. The van der Waals surface area contributed by atoms with Gasteiger partial charge in [0.2, 0.25) is 0 Å². The minimum atomic E-state index is -1.20. The maximum absolute atomic E-state index is 13.0. The summed E-state index contributed by atoms with van der Waals surface area (Å²) >= 11 is 0. The molecular weight excluding hydrogens is 1510 g/mol. The second-order valence-corrected chi connectivity index (χ2v) is 40.2. The highest BCUT2D eigenvalue weighted by atomic mass is 16.8. The highest BCUT2D eigenvalue weighted by Crippen LogP contribution is 2.75. The highest BCUT2D eigenvalue weighted by Gasteiger charge is 2.81. The number of Topliss-reactive ketones (excluding diaryl/α,β-unsaturated/α-hetero) is 4. The minimum Gasteiger partial charge on any atom is -0.393 e. The minimum absolute atomic E-state index is 0.0116. The molecule has 0 bridgehead atoms. The topological polar surface area (TPSA) is 338 Å². The van der Waals surface area contributed by atoms with Crippen LogP contribution < -0.4 is 0 Å². The van der Waals surface area contributed by atoms with E-state index < -0.39 is 132 Å². The normalized spacial score (nSPS) is 52.0. The van der Waals surface area contributed by atoms with E-state index in [1.165, 1.54) is 11.1 Å². The van der Waals surface area contributed by atoms with E-state index in [4.69, 9.17) is 37.9 Å². The molecule has 0 radical (unpaired) electrons. The van der Waals surface area contributed by atoms with E-state index in [0.29, 0.717) is 50.4 Å². The number of carbonyl (C=O) groups excluding carboxylic acids is 6. The third kappa shape index (κ3) is 12.0. The fourth-order valence-corrected chi connectivity index (χ4v) is 31.7. The predicted octanol–water partition coefficient (Wildman–Crippen LogP) is 11.4. The Morgan fingerprint density at radius 2 is 0.593 bits per heavy atom. The first-order chi connectivity index (χ1) is 55.9. The second-order valence-electron chi connectivity index (χ2n) is 40.2. The summed E-state index contributed by atoms with van der Waals surface area (Å²) in [6.45, 7) is 30.0. The standard InChI is InChI=1S/2C23H30O6.2C23H32O5.2C2H6/c2*1-12-28-19-9-16-15-5-4-13-8-14(25)6-7-21(13,2)20(15)17(26)10-22(16,3)23(19,29-12)18(27)11-24;2*1-13-27-19-10-16-15-8-7-14-6-4-5-9-21(14,2)20(15)17(25)11-22(16,3)23(19,28-13)18(26)12-24;2*1-2/h2*6-8,12,15-17,19-20,24,26H,4-5,9-11H2,1-3H3;2*5-6,9,13,15-17,19-20,24-25H,4,7-8,10-12H2,1-3H3;2*1-2H3/t2*12?,15-,16-,17-,19+,20+,21-,22-,23+;2*13?,15-,16-,17-,19+,20+,21-,22-,23+;;/m0000../s1. The SMILES string of the molecule is CC.CC.CC1O[C@@H]2C[C@H]3[C@@H]4CCC5=CC(=O)C=C[C@]5(C)[C@H]4[C@@H](O)C[C@]3(C)[C@]2(C(=O)CO)O1.CC1O[C@@H]2C[C@H]3[C@@H]4CCC5=CC(=O)C=C[C@]5(C)[C@H]4[C@@H](O)C[C@]3(C)[C@]2(C(=O)CO)O1.CC1O[C@@H]2C[C@H]3[C@@H]4CCC5=CCC=C[C@]5(C)[C@H]4[C@@H](O)C[C@]3(C)[C@]2(C(=O)CO)O1.CC1O[C@@H]2C[C@H]3[C@@H]4CCC5=CCC=C[C@]5(C)[C@H]4[C@@H](O)C[C@]3(C)[C@]2(C(=O)CO)O1. The number of ether oxygens (including phenoxy) is 8. The van der Waals surface area contributed by atoms with Crippen LogP contribution in [0.5, 0.6) is 0 Å². The summed E-state index contributed by atoms with van der Waals surface area (Å²) < 4.78 is 48.9. The van der Waals surface area contributed by atoms with Gasteiger partial charge in [0.15, 0.2) is 82.3 Å². The van der Waals surface area contributed by atoms with Crippen molar-refractivity contribution in [3.05, 3.63) is 95.2 Å². The van der Waals surface area contributed by atoms with Crippen LogP contribution in [0.4, 0.5) is 0 Å². The van der Waals surface area contributed by atoms with Crippen LogP contribution in [0, 0.1) is 114 Å². The van der Waals surface area contributed by atoms with Crippen molar-refractivity contribution in [2.45, 2.75) is 323 Å². The molecule has 36 atom stereocenters. The van der Waals surface area contributed by atoms with Crippen molar-refractivity contribution in [3.63, 3.8) is 0 Å². The molecule has 22 heteroatoms. The Balaban J connectivity index is 0.000000121. The summed E-state index contributed by atoms with van der Waals surface area (Å²) in [5, 5.41) is 84.8. The van der Waals surface area contributed by atoms with Crippen molar-refractivity contribution in [1.29, 1.82) is 0 Å². The van der Waals surface area contributed by atoms with Crippen LogP contribution in [0.3, 0.4) is 0 Å². The van der Waals surface area contributed by atoms with Crippen LogP contribution in [-0.2, 0) is 66.7 Å². The highest BCUT2D eigenvalue weighted by molar-refractivity contribution is 6.02. The monoisotopic (exact) mass is 1640 g/mol. The zero-order valence-electron chi connectivity index (χ0n) is 72.6. The maximum atomic E-state index is 13.0. The molecule has 0 spiro atoms. The number of allylic oxidation sites excluding steroid dienone is 16. The Bertz CT molecular complexity index is 3970. The van der Waals surface area contributed by atoms with Gasteiger partial charge in [-0.25, -0.2) is 0 Å². The Kier molecular flexibility index (Phi) is 23.3. The molecule has 4 heterocycles. The number of aliphatic hydroxyl groups excluding tert-OH is 8. The molecular formula is C96H136O22. The quantitative estimate of drug-likeness (QED) is 0.105. The van der Waals surface area contributed by atoms with E-state index in [1.807, 2.05) is 67.5 Å². The fraction of sp³-hybridized carbons (Fsp3) is 0.771. The van der Waals surface area contributed by atoms with E-state index in [2.05, 4.69) is 78.0 Å². The van der Waals surface area contributed by atoms with Crippen molar-refractivity contribution in [1.82, 2.24) is 0 Å². The van der Waals surface area contributed by atoms with Gasteiger partial charge in [0.25, 0.3) is 0 Å². The number of aliphatic hydroxyl groups is 8. The molecule has 0 amide bonds. The average Bonchev–Trinajstić information content (AvgIpc) is 1.16. The van der Waals surface area contributed by atoms with Gasteiger partial charge in [-0.05, 0) is 215 Å². The lowest BCUT2D eigenvalue weighted by molar-refractivity contribution is -0.197. The molecule has 4 aliphatic heterocycles. The molecule has 0 aromatic heterocycles. The zero-order valence-corrected chi connectivity index (χ0v) is 72.6. The number of rotatable bonds is 8. The summed E-state index contributed by atoms with van der Waals surface area (Å²) in [5.74, 6) is 0.841. The first-order valence-corrected chi connectivity index (χ1v) is 45.1. The second kappa shape index (κ2) is 31.2. The van der Waals surface area contributed by atoms with Gasteiger partial charge in [-0.2, -0.15) is 0 Å². The van der Waals surface area contributed by atoms with Crippen molar-refractivity contribution in [2.24, 2.45) is 114 Å². The Morgan fingerprint density at radius 3 is 0.831 bits per heavy atom. The Labute approximate surface area is 697 Å². The van der Waals surface area contributed by atoms with Crippen molar-refractivity contribution in [3.8, 4) is 0 Å². The summed E-state index contributed by atoms with van der Waals surface area (Å²) in [5.41, 5.74) is -2.74. The fourth-order valence-electron chi connectivity index (χ4n) is 31.7. The van der Waals surface area contributed by atoms with Crippen LogP contribution in [0.25, 0.3) is 0 Å². The molecule has 0 aromatic rings. The number of carbonyl (C=O) groups is 6. The first kappa shape index (κ1) is 88.2. The van der Waals surface area contributed by atoms with Crippen molar-refractivity contribution < 1.29 is 108 Å². The van der Waals surface area contributed by atoms with Crippen LogP contribution in [0.1, 0.15) is 226 Å². The molecule has 22 nitrogen and oxygen atoms in total. The van der Waals surface area contributed by atoms with Crippen molar-refractivity contribution >= 4 is 34.7 Å². The van der Waals surface area contributed by atoms with E-state index in [9.17, 15) is 69.6 Å². The zero-order chi connectivity index (χ0) is 85.3. The lowest BCUT2D eigenvalue weighted by atomic mass is 9.46. The van der Waals surface area contributed by atoms with Gasteiger partial charge < -0.3 is 78.7 Å². The Hall–Kier alpha value is -4.70. The van der Waals surface area contributed by atoms with Crippen LogP contribution >= 0.6 is 0 Å². The molecule has 652 valence electrons. The summed E-state index contributed by atoms with van der Waals surface area (Å²) in [6, 6.07) is 0. The molecule has 4 unspecified atom stereocenters. The summed E-state index contributed by atoms with van der Waals surface area (Å²) in [4.78, 5) is 76.0. The van der Waals surface area contributed by atoms with Crippen molar-refractivity contribution in [2.75, 3.05) is 26.4 Å². The molecule has 8 N–H and O–H groups in total. The van der Waals surface area contributed by atoms with E-state index in [1.54, 1.807) is 38.2 Å². The largest absolute Gasteiger partial charge is 0.393 e. The van der Waals surface area contributed by atoms with Gasteiger partial charge in [-0.1, -0.05) is 154 Å². The Morgan fingerprint density at radius 1 is 0.364 bits per heavy atom. The molecule has 0 aromatic carbocycles. The number of hydrogen-bond donors (Lipinski definition) is 8. The van der Waals surface area contributed by atoms with Crippen LogP contribution in [-0.4, -0.2) is 198 Å². The molecule has 16 aliphatic carbocycles. The first-order valence-electron chi connectivity index (χ1n) is 45.1. The predicted molar refractivity (Wildman–Crippen MR) is 436 cm³/mol. The van der Waals surface area contributed by atoms with Gasteiger partial charge >= 0.3 is 0 Å². The smallest absolute Gasteiger partial charge is 0.193 e. The van der Waals surface area contributed by atoms with Gasteiger partial charge in [-0.15, -0.1) is 0 Å². The number of fused-ring (bicyclic) bond motifs is 28. The third-order valence-corrected chi connectivity index (χ3v) is 35.8. The molecule has 20 rings (SSSR count). The lowest BCUT2D eigenvalue weighted by Crippen LogP contribution is -2.63. The van der Waals surface area contributed by atoms with Gasteiger partial charge in [0.05, 0.1) is 48.8 Å². The van der Waals surface area contributed by atoms with Crippen LogP contribution in [0.15, 0.2) is 95.2 Å². The lowest BCUT2D eigenvalue weighted by Gasteiger charge is -2.59. The molecule has 20 aliphatic rings. The van der Waals surface area contributed by atoms with E-state index in [0.717, 1.165) is 88.2 Å². The molecule has 4 saturated heterocycles.